The van der Waals surface area contributed by atoms with E-state index in [9.17, 15) is 4.79 Å². The predicted octanol–water partition coefficient (Wildman–Crippen LogP) is 6.25. The number of furan rings is 1. The minimum Gasteiger partial charge on any atom is -0.417 e. The summed E-state index contributed by atoms with van der Waals surface area (Å²) >= 11 is 1.96. The molecule has 0 saturated carbocycles. The number of esters is 1. The Morgan fingerprint density at radius 3 is 2.71 bits per heavy atom. The maximum atomic E-state index is 11.6. The van der Waals surface area contributed by atoms with Crippen molar-refractivity contribution >= 4 is 17.7 Å². The molecule has 0 bridgehead atoms. The Balaban J connectivity index is 1.87. The van der Waals surface area contributed by atoms with E-state index in [1.54, 1.807) is 12.1 Å². The molecule has 3 nitrogen and oxygen atoms in total. The first-order valence-corrected chi connectivity index (χ1v) is 11.1. The molecule has 3 rings (SSSR count). The molecule has 0 fully saturated rings. The van der Waals surface area contributed by atoms with Crippen LogP contribution in [0.5, 0.6) is 5.95 Å². The Bertz CT molecular complexity index is 910. The second-order valence-electron chi connectivity index (χ2n) is 7.34. The van der Waals surface area contributed by atoms with Gasteiger partial charge >= 0.3 is 5.97 Å². The molecular formula is C24H28O3S. The third-order valence-electron chi connectivity index (χ3n) is 5.66. The number of rotatable bonds is 5. The van der Waals surface area contributed by atoms with Gasteiger partial charge in [0.05, 0.1) is 0 Å². The average Bonchev–Trinajstić information content (AvgIpc) is 3.13. The van der Waals surface area contributed by atoms with E-state index in [2.05, 4.69) is 44.7 Å². The highest BCUT2D eigenvalue weighted by atomic mass is 32.2. The summed E-state index contributed by atoms with van der Waals surface area (Å²) in [5.41, 5.74) is 3.92. The van der Waals surface area contributed by atoms with Crippen molar-refractivity contribution in [2.75, 3.05) is 5.75 Å². The zero-order valence-electron chi connectivity index (χ0n) is 17.2. The van der Waals surface area contributed by atoms with Crippen molar-refractivity contribution in [3.63, 3.8) is 0 Å². The van der Waals surface area contributed by atoms with Gasteiger partial charge in [-0.05, 0) is 79.0 Å². The summed E-state index contributed by atoms with van der Waals surface area (Å²) in [6.45, 7) is 8.63. The number of benzene rings is 1. The molecule has 0 aliphatic carbocycles. The molecule has 4 heteroatoms. The van der Waals surface area contributed by atoms with Crippen LogP contribution in [0, 0.1) is 18.8 Å². The molecule has 0 unspecified atom stereocenters. The number of fused-ring (bicyclic) bond motifs is 1. The fourth-order valence-corrected chi connectivity index (χ4v) is 5.17. The Morgan fingerprint density at radius 2 is 2.00 bits per heavy atom. The summed E-state index contributed by atoms with van der Waals surface area (Å²) in [5, 5.41) is 0. The third kappa shape index (κ3) is 4.31. The number of aryl methyl sites for hydroxylation is 1. The normalized spacial score (nSPS) is 14.7. The summed E-state index contributed by atoms with van der Waals surface area (Å²) in [6.07, 6.45) is 4.65. The van der Waals surface area contributed by atoms with Crippen LogP contribution in [-0.2, 0) is 10.2 Å². The number of carbonyl (C=O) groups excluding carboxylic acids is 1. The van der Waals surface area contributed by atoms with Gasteiger partial charge in [-0.1, -0.05) is 26.7 Å². The van der Waals surface area contributed by atoms with Crippen LogP contribution >= 0.6 is 11.8 Å². The smallest absolute Gasteiger partial charge is 0.313 e. The van der Waals surface area contributed by atoms with Crippen LogP contribution in [0.15, 0.2) is 33.6 Å². The predicted molar refractivity (Wildman–Crippen MR) is 114 cm³/mol. The van der Waals surface area contributed by atoms with Gasteiger partial charge in [0.15, 0.2) is 5.76 Å². The number of carbonyl (C=O) groups is 1. The molecule has 1 aliphatic rings. The van der Waals surface area contributed by atoms with Gasteiger partial charge in [0.25, 0.3) is 5.95 Å². The van der Waals surface area contributed by atoms with Gasteiger partial charge in [0.2, 0.25) is 0 Å². The third-order valence-corrected chi connectivity index (χ3v) is 6.72. The number of hydrogen-bond acceptors (Lipinski definition) is 4. The summed E-state index contributed by atoms with van der Waals surface area (Å²) in [5.74, 6) is 7.96. The highest BCUT2D eigenvalue weighted by Gasteiger charge is 2.34. The monoisotopic (exact) mass is 396 g/mol. The maximum Gasteiger partial charge on any atom is 0.313 e. The maximum absolute atomic E-state index is 11.6. The van der Waals surface area contributed by atoms with Gasteiger partial charge in [-0.3, -0.25) is 4.79 Å². The topological polar surface area (TPSA) is 39.4 Å². The summed E-state index contributed by atoms with van der Waals surface area (Å²) in [6, 6.07) is 7.95. The van der Waals surface area contributed by atoms with Gasteiger partial charge < -0.3 is 9.15 Å². The van der Waals surface area contributed by atoms with Crippen molar-refractivity contribution in [2.24, 2.45) is 0 Å². The van der Waals surface area contributed by atoms with Crippen molar-refractivity contribution < 1.29 is 13.9 Å². The summed E-state index contributed by atoms with van der Waals surface area (Å²) in [7, 11) is 0. The van der Waals surface area contributed by atoms with Gasteiger partial charge in [-0.2, -0.15) is 0 Å². The van der Waals surface area contributed by atoms with Crippen molar-refractivity contribution in [1.82, 2.24) is 0 Å². The molecule has 1 aromatic carbocycles. The Hall–Kier alpha value is -2.12. The van der Waals surface area contributed by atoms with Crippen LogP contribution < -0.4 is 4.74 Å². The lowest BCUT2D eigenvalue weighted by molar-refractivity contribution is -0.135. The number of ether oxygens (including phenoxy) is 1. The molecule has 1 aromatic heterocycles. The molecule has 0 N–H and O–H groups in total. The molecule has 0 radical (unpaired) electrons. The molecule has 0 saturated heterocycles. The number of hydrogen-bond donors (Lipinski definition) is 0. The SMILES string of the molecule is CCCC(=O)Oc1ccc(C#Cc2cc3c(cc2C)SCCC3(CC)CC)o1. The summed E-state index contributed by atoms with van der Waals surface area (Å²) < 4.78 is 10.7. The average molecular weight is 397 g/mol. The van der Waals surface area contributed by atoms with Gasteiger partial charge in [-0.25, -0.2) is 0 Å². The molecule has 1 aliphatic heterocycles. The van der Waals surface area contributed by atoms with Crippen LogP contribution in [-0.4, -0.2) is 11.7 Å². The van der Waals surface area contributed by atoms with E-state index in [0.717, 1.165) is 24.8 Å². The highest BCUT2D eigenvalue weighted by Crippen LogP contribution is 2.46. The Labute approximate surface area is 172 Å². The molecule has 28 heavy (non-hydrogen) atoms. The molecule has 148 valence electrons. The van der Waals surface area contributed by atoms with E-state index in [0.29, 0.717) is 12.2 Å². The van der Waals surface area contributed by atoms with Crippen molar-refractivity contribution in [3.8, 4) is 17.8 Å². The van der Waals surface area contributed by atoms with Crippen LogP contribution in [0.25, 0.3) is 0 Å². The first-order chi connectivity index (χ1) is 13.5. The van der Waals surface area contributed by atoms with E-state index in [1.165, 1.54) is 28.2 Å². The minimum atomic E-state index is -0.283. The van der Waals surface area contributed by atoms with Crippen LogP contribution in [0.3, 0.4) is 0 Å². The van der Waals surface area contributed by atoms with E-state index in [-0.39, 0.29) is 17.3 Å². The molecule has 2 aromatic rings. The number of thioether (sulfide) groups is 1. The fourth-order valence-electron chi connectivity index (χ4n) is 3.76. The quantitative estimate of drug-likeness (QED) is 0.442. The summed E-state index contributed by atoms with van der Waals surface area (Å²) in [4.78, 5) is 13.0. The van der Waals surface area contributed by atoms with Crippen LogP contribution in [0.1, 0.15) is 75.3 Å². The molecule has 2 heterocycles. The van der Waals surface area contributed by atoms with Crippen LogP contribution in [0.4, 0.5) is 0 Å². The first kappa shape index (κ1) is 20.6. The minimum absolute atomic E-state index is 0.206. The Kier molecular flexibility index (Phi) is 6.57. The van der Waals surface area contributed by atoms with Gasteiger partial charge in [0.1, 0.15) is 0 Å². The zero-order valence-corrected chi connectivity index (χ0v) is 18.0. The standard InChI is InChI=1S/C24H28O3S/c1-5-8-22(25)27-23-12-11-19(26-23)10-9-18-16-20-21(15-17(18)4)28-14-13-24(20,6-2)7-3/h11-12,15-16H,5-8,13-14H2,1-4H3. The Morgan fingerprint density at radius 1 is 1.21 bits per heavy atom. The zero-order chi connectivity index (χ0) is 20.1. The van der Waals surface area contributed by atoms with Crippen molar-refractivity contribution in [2.45, 2.75) is 70.1 Å². The van der Waals surface area contributed by atoms with Gasteiger partial charge in [0, 0.05) is 22.9 Å². The molecular weight excluding hydrogens is 368 g/mol. The van der Waals surface area contributed by atoms with Crippen molar-refractivity contribution in [1.29, 1.82) is 0 Å². The largest absolute Gasteiger partial charge is 0.417 e. The van der Waals surface area contributed by atoms with Crippen LogP contribution in [0.2, 0.25) is 0 Å². The first-order valence-electron chi connectivity index (χ1n) is 10.1. The molecule has 0 amide bonds. The van der Waals surface area contributed by atoms with E-state index >= 15 is 0 Å². The lowest BCUT2D eigenvalue weighted by Crippen LogP contribution is -2.29. The lowest BCUT2D eigenvalue weighted by Gasteiger charge is -2.38. The fraction of sp³-hybridized carbons (Fsp3) is 0.458. The van der Waals surface area contributed by atoms with E-state index in [4.69, 9.17) is 9.15 Å². The molecule has 0 atom stereocenters. The van der Waals surface area contributed by atoms with E-state index in [1.807, 2.05) is 18.7 Å². The second-order valence-corrected chi connectivity index (χ2v) is 8.48. The molecule has 0 spiro atoms. The van der Waals surface area contributed by atoms with Gasteiger partial charge in [-0.15, -0.1) is 11.8 Å². The second kappa shape index (κ2) is 8.92. The van der Waals surface area contributed by atoms with Crippen molar-refractivity contribution in [3.05, 3.63) is 46.7 Å². The highest BCUT2D eigenvalue weighted by molar-refractivity contribution is 7.99. The van der Waals surface area contributed by atoms with E-state index < -0.39 is 0 Å². The lowest BCUT2D eigenvalue weighted by atomic mass is 9.73.